The van der Waals surface area contributed by atoms with Crippen molar-refractivity contribution in [3.05, 3.63) is 16.1 Å². The first-order valence-corrected chi connectivity index (χ1v) is 7.01. The van der Waals surface area contributed by atoms with Gasteiger partial charge in [-0.2, -0.15) is 0 Å². The molecule has 1 rings (SSSR count). The lowest BCUT2D eigenvalue weighted by Crippen LogP contribution is -2.42. The molecule has 2 N–H and O–H groups in total. The number of thiazole rings is 1. The van der Waals surface area contributed by atoms with Crippen molar-refractivity contribution in [2.45, 2.75) is 53.1 Å². The molecule has 0 aromatic carbocycles. The standard InChI is InChI=1S/C13H24N2OS/c1-9-12(17-8-14-9)10(2)15-11(6-7-16)13(3,4)5/h8,10-11,15-16H,6-7H2,1-5H3. The Hall–Kier alpha value is -0.450. The Labute approximate surface area is 108 Å². The van der Waals surface area contributed by atoms with Crippen molar-refractivity contribution in [2.24, 2.45) is 5.41 Å². The van der Waals surface area contributed by atoms with Crippen LogP contribution in [0.1, 0.15) is 50.7 Å². The zero-order valence-electron chi connectivity index (χ0n) is 11.4. The summed E-state index contributed by atoms with van der Waals surface area (Å²) >= 11 is 1.69. The van der Waals surface area contributed by atoms with Crippen LogP contribution >= 0.6 is 11.3 Å². The van der Waals surface area contributed by atoms with Gasteiger partial charge in [-0.3, -0.25) is 0 Å². The van der Waals surface area contributed by atoms with Gasteiger partial charge in [0, 0.05) is 23.6 Å². The summed E-state index contributed by atoms with van der Waals surface area (Å²) in [7, 11) is 0. The number of aliphatic hydroxyl groups excluding tert-OH is 1. The lowest BCUT2D eigenvalue weighted by molar-refractivity contribution is 0.188. The predicted molar refractivity (Wildman–Crippen MR) is 73.3 cm³/mol. The number of hydrogen-bond acceptors (Lipinski definition) is 4. The number of nitrogens with one attached hydrogen (secondary N) is 1. The molecule has 1 aromatic rings. The van der Waals surface area contributed by atoms with E-state index in [0.717, 1.165) is 12.1 Å². The van der Waals surface area contributed by atoms with E-state index in [1.807, 2.05) is 12.4 Å². The number of aliphatic hydroxyl groups is 1. The number of hydrogen-bond donors (Lipinski definition) is 2. The zero-order chi connectivity index (χ0) is 13.1. The molecular formula is C13H24N2OS. The largest absolute Gasteiger partial charge is 0.396 e. The second-order valence-corrected chi connectivity index (χ2v) is 6.51. The predicted octanol–water partition coefficient (Wildman–Crippen LogP) is 2.90. The highest BCUT2D eigenvalue weighted by molar-refractivity contribution is 7.09. The van der Waals surface area contributed by atoms with Gasteiger partial charge in [-0.15, -0.1) is 11.3 Å². The second-order valence-electron chi connectivity index (χ2n) is 5.62. The Bertz CT molecular complexity index is 343. The Balaban J connectivity index is 2.71. The van der Waals surface area contributed by atoms with Gasteiger partial charge in [-0.1, -0.05) is 20.8 Å². The highest BCUT2D eigenvalue weighted by Crippen LogP contribution is 2.27. The fraction of sp³-hybridized carbons (Fsp3) is 0.769. The van der Waals surface area contributed by atoms with E-state index in [0.29, 0.717) is 12.1 Å². The zero-order valence-corrected chi connectivity index (χ0v) is 12.3. The monoisotopic (exact) mass is 256 g/mol. The molecule has 0 bridgehead atoms. The molecular weight excluding hydrogens is 232 g/mol. The van der Waals surface area contributed by atoms with Crippen LogP contribution in [0.5, 0.6) is 0 Å². The van der Waals surface area contributed by atoms with Crippen molar-refractivity contribution in [1.29, 1.82) is 0 Å². The first kappa shape index (κ1) is 14.6. The van der Waals surface area contributed by atoms with Gasteiger partial charge in [-0.05, 0) is 25.7 Å². The molecule has 4 heteroatoms. The summed E-state index contributed by atoms with van der Waals surface area (Å²) in [4.78, 5) is 5.57. The molecule has 0 aliphatic carbocycles. The van der Waals surface area contributed by atoms with E-state index in [1.54, 1.807) is 11.3 Å². The number of nitrogens with zero attached hydrogens (tertiary/aromatic N) is 1. The lowest BCUT2D eigenvalue weighted by atomic mass is 9.84. The minimum Gasteiger partial charge on any atom is -0.396 e. The molecule has 0 saturated heterocycles. The number of rotatable bonds is 5. The maximum Gasteiger partial charge on any atom is 0.0798 e. The number of aromatic nitrogens is 1. The van der Waals surface area contributed by atoms with Crippen molar-refractivity contribution in [2.75, 3.05) is 6.61 Å². The molecule has 17 heavy (non-hydrogen) atoms. The summed E-state index contributed by atoms with van der Waals surface area (Å²) in [5, 5.41) is 12.8. The van der Waals surface area contributed by atoms with Crippen LogP contribution in [0, 0.1) is 12.3 Å². The molecule has 3 nitrogen and oxygen atoms in total. The Morgan fingerprint density at radius 2 is 2.12 bits per heavy atom. The summed E-state index contributed by atoms with van der Waals surface area (Å²) < 4.78 is 0. The van der Waals surface area contributed by atoms with E-state index in [1.165, 1.54) is 4.88 Å². The summed E-state index contributed by atoms with van der Waals surface area (Å²) in [6, 6.07) is 0.599. The topological polar surface area (TPSA) is 45.2 Å². The quantitative estimate of drug-likeness (QED) is 0.851. The molecule has 1 aromatic heterocycles. The van der Waals surface area contributed by atoms with E-state index in [2.05, 4.69) is 38.0 Å². The Morgan fingerprint density at radius 1 is 1.47 bits per heavy atom. The van der Waals surface area contributed by atoms with Gasteiger partial charge in [-0.25, -0.2) is 4.98 Å². The van der Waals surface area contributed by atoms with Crippen LogP contribution in [0.3, 0.4) is 0 Å². The van der Waals surface area contributed by atoms with Crippen molar-refractivity contribution in [3.8, 4) is 0 Å². The lowest BCUT2D eigenvalue weighted by Gasteiger charge is -2.33. The molecule has 2 unspecified atom stereocenters. The minimum absolute atomic E-state index is 0.148. The van der Waals surface area contributed by atoms with E-state index >= 15 is 0 Å². The molecule has 0 saturated carbocycles. The normalized spacial score (nSPS) is 15.9. The van der Waals surface area contributed by atoms with E-state index in [-0.39, 0.29) is 12.0 Å². The van der Waals surface area contributed by atoms with Crippen molar-refractivity contribution >= 4 is 11.3 Å². The summed E-state index contributed by atoms with van der Waals surface area (Å²) in [5.74, 6) is 0. The Kier molecular flexibility index (Phi) is 5.10. The van der Waals surface area contributed by atoms with Crippen LogP contribution in [-0.4, -0.2) is 22.7 Å². The van der Waals surface area contributed by atoms with Gasteiger partial charge in [0.25, 0.3) is 0 Å². The van der Waals surface area contributed by atoms with Crippen LogP contribution in [0.15, 0.2) is 5.51 Å². The van der Waals surface area contributed by atoms with Gasteiger partial charge in [0.1, 0.15) is 0 Å². The first-order chi connectivity index (χ1) is 7.86. The second kappa shape index (κ2) is 5.94. The van der Waals surface area contributed by atoms with Crippen molar-refractivity contribution in [1.82, 2.24) is 10.3 Å². The van der Waals surface area contributed by atoms with Gasteiger partial charge in [0.2, 0.25) is 0 Å². The van der Waals surface area contributed by atoms with Crippen molar-refractivity contribution < 1.29 is 5.11 Å². The first-order valence-electron chi connectivity index (χ1n) is 6.13. The van der Waals surface area contributed by atoms with E-state index < -0.39 is 0 Å². The van der Waals surface area contributed by atoms with Crippen LogP contribution in [0.25, 0.3) is 0 Å². The molecule has 0 fully saturated rings. The maximum atomic E-state index is 9.15. The summed E-state index contributed by atoms with van der Waals surface area (Å²) in [5.41, 5.74) is 3.14. The molecule has 0 aliphatic rings. The van der Waals surface area contributed by atoms with E-state index in [9.17, 15) is 0 Å². The average molecular weight is 256 g/mol. The number of aryl methyl sites for hydroxylation is 1. The van der Waals surface area contributed by atoms with Crippen LogP contribution in [0.4, 0.5) is 0 Å². The van der Waals surface area contributed by atoms with Crippen LogP contribution in [0.2, 0.25) is 0 Å². The molecule has 98 valence electrons. The molecule has 0 radical (unpaired) electrons. The Morgan fingerprint density at radius 3 is 2.53 bits per heavy atom. The molecule has 2 atom stereocenters. The van der Waals surface area contributed by atoms with Gasteiger partial charge < -0.3 is 10.4 Å². The molecule has 1 heterocycles. The van der Waals surface area contributed by atoms with Gasteiger partial charge in [0.15, 0.2) is 0 Å². The average Bonchev–Trinajstić information content (AvgIpc) is 2.62. The summed E-state index contributed by atoms with van der Waals surface area (Å²) in [6.45, 7) is 11.0. The highest BCUT2D eigenvalue weighted by Gasteiger charge is 2.26. The van der Waals surface area contributed by atoms with Crippen molar-refractivity contribution in [3.63, 3.8) is 0 Å². The van der Waals surface area contributed by atoms with Crippen LogP contribution < -0.4 is 5.32 Å². The van der Waals surface area contributed by atoms with Crippen LogP contribution in [-0.2, 0) is 0 Å². The van der Waals surface area contributed by atoms with Gasteiger partial charge >= 0.3 is 0 Å². The van der Waals surface area contributed by atoms with E-state index in [4.69, 9.17) is 5.11 Å². The summed E-state index contributed by atoms with van der Waals surface area (Å²) in [6.07, 6.45) is 0.783. The fourth-order valence-corrected chi connectivity index (χ4v) is 2.82. The third-order valence-corrected chi connectivity index (χ3v) is 4.20. The SMILES string of the molecule is Cc1ncsc1C(C)NC(CCO)C(C)(C)C. The third kappa shape index (κ3) is 4.05. The highest BCUT2D eigenvalue weighted by atomic mass is 32.1. The fourth-order valence-electron chi connectivity index (χ4n) is 2.00. The smallest absolute Gasteiger partial charge is 0.0798 e. The third-order valence-electron chi connectivity index (χ3n) is 3.09. The van der Waals surface area contributed by atoms with Gasteiger partial charge in [0.05, 0.1) is 11.2 Å². The molecule has 0 amide bonds. The molecule has 0 aliphatic heterocycles. The minimum atomic E-state index is 0.148. The molecule has 0 spiro atoms. The maximum absolute atomic E-state index is 9.15.